The van der Waals surface area contributed by atoms with Crippen LogP contribution in [0.4, 0.5) is 0 Å². The van der Waals surface area contributed by atoms with Gasteiger partial charge in [-0.15, -0.1) is 0 Å². The average Bonchev–Trinajstić information content (AvgIpc) is 3.04. The topological polar surface area (TPSA) is 28.7 Å². The minimum Gasteiger partial charge on any atom is -0.355 e. The van der Waals surface area contributed by atoms with Gasteiger partial charge in [0, 0.05) is 34.6 Å². The summed E-state index contributed by atoms with van der Waals surface area (Å²) in [7, 11) is 0. The molecule has 4 aromatic rings. The number of aromatic nitrogens is 2. The van der Waals surface area contributed by atoms with Crippen LogP contribution in [-0.2, 0) is 0 Å². The molecule has 0 saturated carbocycles. The maximum Gasteiger partial charge on any atom is 0.0465 e. The fourth-order valence-electron chi connectivity index (χ4n) is 2.89. The van der Waals surface area contributed by atoms with E-state index in [4.69, 9.17) is 0 Å². The van der Waals surface area contributed by atoms with Crippen molar-refractivity contribution in [1.29, 1.82) is 0 Å². The van der Waals surface area contributed by atoms with Crippen LogP contribution in [0.25, 0.3) is 35.2 Å². The molecule has 2 heteroatoms. The molecule has 25 heavy (non-hydrogen) atoms. The SMILES string of the molecule is C(=C\c1[nH]c2ccccc2c1/C=C/c1cccnc1)/c1ccccc1. The Morgan fingerprint density at radius 1 is 0.680 bits per heavy atom. The van der Waals surface area contributed by atoms with Crippen molar-refractivity contribution in [3.63, 3.8) is 0 Å². The number of para-hydroxylation sites is 1. The Hall–Kier alpha value is -3.39. The number of H-pyrrole nitrogens is 1. The van der Waals surface area contributed by atoms with Crippen molar-refractivity contribution in [2.75, 3.05) is 0 Å². The quantitative estimate of drug-likeness (QED) is 0.497. The first-order valence-corrected chi connectivity index (χ1v) is 8.32. The molecule has 1 N–H and O–H groups in total. The predicted molar refractivity (Wildman–Crippen MR) is 107 cm³/mol. The first-order chi connectivity index (χ1) is 12.4. The lowest BCUT2D eigenvalue weighted by Crippen LogP contribution is -1.78. The number of fused-ring (bicyclic) bond motifs is 1. The van der Waals surface area contributed by atoms with Crippen LogP contribution in [0, 0.1) is 0 Å². The summed E-state index contributed by atoms with van der Waals surface area (Å²) in [6, 6.07) is 22.7. The van der Waals surface area contributed by atoms with E-state index in [0.717, 1.165) is 16.8 Å². The second-order valence-electron chi connectivity index (χ2n) is 5.86. The molecule has 2 aromatic heterocycles. The van der Waals surface area contributed by atoms with E-state index in [1.807, 2.05) is 30.5 Å². The molecule has 2 aromatic carbocycles. The van der Waals surface area contributed by atoms with Crippen LogP contribution in [0.15, 0.2) is 79.1 Å². The summed E-state index contributed by atoms with van der Waals surface area (Å²) in [5.41, 5.74) is 5.70. The standard InChI is InChI=1S/C23H18N2/c1-2-7-18(8-3-1)13-15-23-21(14-12-19-9-6-16-24-17-19)20-10-4-5-11-22(20)25-23/h1-17,25H/b14-12+,15-13+. The Bertz CT molecular complexity index is 1030. The minimum atomic E-state index is 1.09. The van der Waals surface area contributed by atoms with Gasteiger partial charge in [0.05, 0.1) is 0 Å². The first-order valence-electron chi connectivity index (χ1n) is 8.32. The molecule has 0 radical (unpaired) electrons. The first kappa shape index (κ1) is 15.2. The maximum atomic E-state index is 4.17. The fourth-order valence-corrected chi connectivity index (χ4v) is 2.89. The van der Waals surface area contributed by atoms with Gasteiger partial charge < -0.3 is 4.98 Å². The van der Waals surface area contributed by atoms with Gasteiger partial charge in [0.25, 0.3) is 0 Å². The number of nitrogens with one attached hydrogen (secondary N) is 1. The molecule has 2 nitrogen and oxygen atoms in total. The normalized spacial score (nSPS) is 11.7. The van der Waals surface area contributed by atoms with Crippen LogP contribution in [0.3, 0.4) is 0 Å². The summed E-state index contributed by atoms with van der Waals surface area (Å²) >= 11 is 0. The van der Waals surface area contributed by atoms with Gasteiger partial charge in [-0.2, -0.15) is 0 Å². The van der Waals surface area contributed by atoms with Crippen molar-refractivity contribution in [3.05, 3.63) is 102 Å². The van der Waals surface area contributed by atoms with Gasteiger partial charge in [-0.1, -0.05) is 72.8 Å². The molecule has 0 amide bonds. The number of nitrogens with zero attached hydrogens (tertiary/aromatic N) is 1. The lowest BCUT2D eigenvalue weighted by molar-refractivity contribution is 1.32. The Morgan fingerprint density at radius 2 is 1.44 bits per heavy atom. The zero-order valence-electron chi connectivity index (χ0n) is 13.8. The van der Waals surface area contributed by atoms with Crippen molar-refractivity contribution in [2.45, 2.75) is 0 Å². The van der Waals surface area contributed by atoms with Gasteiger partial charge in [-0.3, -0.25) is 4.98 Å². The van der Waals surface area contributed by atoms with E-state index in [-0.39, 0.29) is 0 Å². The van der Waals surface area contributed by atoms with E-state index in [1.165, 1.54) is 16.5 Å². The van der Waals surface area contributed by atoms with Crippen molar-refractivity contribution in [3.8, 4) is 0 Å². The number of rotatable bonds is 4. The van der Waals surface area contributed by atoms with Gasteiger partial charge >= 0.3 is 0 Å². The molecule has 0 spiro atoms. The molecule has 120 valence electrons. The van der Waals surface area contributed by atoms with Crippen LogP contribution in [0.1, 0.15) is 22.4 Å². The van der Waals surface area contributed by atoms with E-state index in [0.29, 0.717) is 0 Å². The lowest BCUT2D eigenvalue weighted by atomic mass is 10.1. The van der Waals surface area contributed by atoms with Crippen molar-refractivity contribution in [2.24, 2.45) is 0 Å². The molecule has 0 bridgehead atoms. The van der Waals surface area contributed by atoms with Crippen LogP contribution >= 0.6 is 0 Å². The number of hydrogen-bond acceptors (Lipinski definition) is 1. The van der Waals surface area contributed by atoms with Crippen molar-refractivity contribution >= 4 is 35.2 Å². The zero-order valence-corrected chi connectivity index (χ0v) is 13.8. The van der Waals surface area contributed by atoms with E-state index in [9.17, 15) is 0 Å². The molecule has 0 saturated heterocycles. The fraction of sp³-hybridized carbons (Fsp3) is 0. The third-order valence-electron chi connectivity index (χ3n) is 4.15. The van der Waals surface area contributed by atoms with Crippen LogP contribution < -0.4 is 0 Å². The van der Waals surface area contributed by atoms with E-state index < -0.39 is 0 Å². The Kier molecular flexibility index (Phi) is 4.25. The highest BCUT2D eigenvalue weighted by Crippen LogP contribution is 2.26. The van der Waals surface area contributed by atoms with Gasteiger partial charge in [0.2, 0.25) is 0 Å². The third kappa shape index (κ3) is 3.43. The Labute approximate surface area is 147 Å². The van der Waals surface area contributed by atoms with Crippen LogP contribution in [-0.4, -0.2) is 9.97 Å². The van der Waals surface area contributed by atoms with Gasteiger partial charge in [0.15, 0.2) is 0 Å². The average molecular weight is 322 g/mol. The molecule has 0 aliphatic carbocycles. The smallest absolute Gasteiger partial charge is 0.0465 e. The molecular weight excluding hydrogens is 304 g/mol. The van der Waals surface area contributed by atoms with E-state index >= 15 is 0 Å². The van der Waals surface area contributed by atoms with Gasteiger partial charge in [-0.05, 0) is 29.3 Å². The zero-order chi connectivity index (χ0) is 16.9. The summed E-state index contributed by atoms with van der Waals surface area (Å²) in [4.78, 5) is 7.69. The molecule has 0 fully saturated rings. The largest absolute Gasteiger partial charge is 0.355 e. The third-order valence-corrected chi connectivity index (χ3v) is 4.15. The second-order valence-corrected chi connectivity index (χ2v) is 5.86. The van der Waals surface area contributed by atoms with Crippen LogP contribution in [0.2, 0.25) is 0 Å². The molecule has 0 aliphatic heterocycles. The highest BCUT2D eigenvalue weighted by molar-refractivity contribution is 5.96. The van der Waals surface area contributed by atoms with Crippen molar-refractivity contribution < 1.29 is 0 Å². The highest BCUT2D eigenvalue weighted by Gasteiger charge is 2.06. The summed E-state index contributed by atoms with van der Waals surface area (Å²) in [6.45, 7) is 0. The molecule has 0 atom stereocenters. The van der Waals surface area contributed by atoms with Crippen LogP contribution in [0.5, 0.6) is 0 Å². The van der Waals surface area contributed by atoms with E-state index in [2.05, 4.69) is 76.7 Å². The molecule has 0 aliphatic rings. The number of pyridine rings is 1. The summed E-state index contributed by atoms with van der Waals surface area (Å²) in [6.07, 6.45) is 12.2. The summed E-state index contributed by atoms with van der Waals surface area (Å²) in [5.74, 6) is 0. The molecular formula is C23H18N2. The highest BCUT2D eigenvalue weighted by atomic mass is 14.7. The molecule has 2 heterocycles. The van der Waals surface area contributed by atoms with Gasteiger partial charge in [-0.25, -0.2) is 0 Å². The van der Waals surface area contributed by atoms with Crippen molar-refractivity contribution in [1.82, 2.24) is 9.97 Å². The maximum absolute atomic E-state index is 4.17. The number of benzene rings is 2. The number of hydrogen-bond donors (Lipinski definition) is 1. The Morgan fingerprint density at radius 3 is 2.28 bits per heavy atom. The second kappa shape index (κ2) is 7.02. The molecule has 0 unspecified atom stereocenters. The molecule has 4 rings (SSSR count). The monoisotopic (exact) mass is 322 g/mol. The predicted octanol–water partition coefficient (Wildman–Crippen LogP) is 5.90. The number of aromatic amines is 1. The lowest BCUT2D eigenvalue weighted by Gasteiger charge is -1.96. The Balaban J connectivity index is 1.76. The van der Waals surface area contributed by atoms with Gasteiger partial charge in [0.1, 0.15) is 0 Å². The summed E-state index contributed by atoms with van der Waals surface area (Å²) in [5, 5.41) is 1.22. The minimum absolute atomic E-state index is 1.09. The summed E-state index contributed by atoms with van der Waals surface area (Å²) < 4.78 is 0. The van der Waals surface area contributed by atoms with E-state index in [1.54, 1.807) is 6.20 Å².